The van der Waals surface area contributed by atoms with Crippen molar-refractivity contribution >= 4 is 23.6 Å². The minimum absolute atomic E-state index is 0.124. The average molecular weight is 706 g/mol. The molecule has 0 radical (unpaired) electrons. The smallest absolute Gasteiger partial charge is 0.246 e. The first-order valence-corrected chi connectivity index (χ1v) is 18.1. The number of rotatable bonds is 15. The van der Waals surface area contributed by atoms with Gasteiger partial charge in [-0.15, -0.1) is 0 Å². The molecule has 11 heteroatoms. The molecule has 5 atom stereocenters. The number of carbonyl (C=O) groups is 4. The molecule has 1 aliphatic heterocycles. The van der Waals surface area contributed by atoms with Crippen LogP contribution in [0, 0.1) is 11.8 Å². The van der Waals surface area contributed by atoms with Crippen molar-refractivity contribution in [1.29, 1.82) is 0 Å². The summed E-state index contributed by atoms with van der Waals surface area (Å²) >= 11 is 0. The van der Waals surface area contributed by atoms with Crippen molar-refractivity contribution < 1.29 is 19.2 Å². The van der Waals surface area contributed by atoms with Crippen LogP contribution in [-0.4, -0.2) is 68.8 Å². The number of benzene rings is 3. The fourth-order valence-electron chi connectivity index (χ4n) is 7.18. The number of aromatic nitrogens is 2. The lowest BCUT2D eigenvalue weighted by Gasteiger charge is -2.37. The fourth-order valence-corrected chi connectivity index (χ4v) is 7.18. The lowest BCUT2D eigenvalue weighted by Crippen LogP contribution is -2.60. The van der Waals surface area contributed by atoms with Crippen LogP contribution < -0.4 is 22.1 Å². The van der Waals surface area contributed by atoms with E-state index in [0.29, 0.717) is 31.5 Å². The highest BCUT2D eigenvalue weighted by atomic mass is 16.2. The predicted molar refractivity (Wildman–Crippen MR) is 201 cm³/mol. The Morgan fingerprint density at radius 1 is 0.827 bits per heavy atom. The normalized spacial score (nSPS) is 16.9. The van der Waals surface area contributed by atoms with Crippen LogP contribution in [0.2, 0.25) is 0 Å². The molecule has 1 aromatic heterocycles. The number of nitrogens with two attached hydrogens (primary N) is 2. The van der Waals surface area contributed by atoms with Crippen molar-refractivity contribution in [2.45, 2.75) is 83.1 Å². The molecule has 11 nitrogen and oxygen atoms in total. The SMILES string of the molecule is CC[C@H](C)[C@H](NC(=O)[C@@H](N)Cc1cn(C(c2ccccc2)(c2ccccc2)c2ccccc2)cn1)C(=O)N[C@H](C(=O)N1CCC[C@H]1C(N)=O)C(C)C. The standard InChI is InChI=1S/C41H51N7O4/c1-5-28(4)36(39(51)45-35(27(2)3)40(52)48-23-15-22-34(48)37(43)49)46-38(50)33(42)24-32-25-47(26-44-32)41(29-16-9-6-10-17-29,30-18-11-7-12-19-30)31-20-13-8-14-21-31/h6-14,16-21,25-28,33-36H,5,15,22-24,42H2,1-4H3,(H2,43,49)(H,45,51)(H,46,50)/t28-,33-,34-,35-,36-/m0/s1. The van der Waals surface area contributed by atoms with Crippen molar-refractivity contribution in [2.24, 2.45) is 23.3 Å². The Hall–Kier alpha value is -5.29. The maximum absolute atomic E-state index is 13.8. The maximum Gasteiger partial charge on any atom is 0.246 e. The molecule has 1 fully saturated rings. The van der Waals surface area contributed by atoms with Gasteiger partial charge < -0.3 is 31.6 Å². The van der Waals surface area contributed by atoms with Crippen LogP contribution in [0.1, 0.15) is 69.3 Å². The lowest BCUT2D eigenvalue weighted by atomic mass is 9.77. The van der Waals surface area contributed by atoms with E-state index in [-0.39, 0.29) is 24.2 Å². The minimum Gasteiger partial charge on any atom is -0.368 e. The highest BCUT2D eigenvalue weighted by Gasteiger charge is 2.40. The van der Waals surface area contributed by atoms with Gasteiger partial charge in [0.1, 0.15) is 23.7 Å². The molecule has 1 aliphatic rings. The number of primary amides is 1. The molecule has 6 N–H and O–H groups in total. The van der Waals surface area contributed by atoms with E-state index >= 15 is 0 Å². The third-order valence-corrected chi connectivity index (χ3v) is 10.3. The van der Waals surface area contributed by atoms with Crippen LogP contribution in [-0.2, 0) is 31.1 Å². The van der Waals surface area contributed by atoms with Crippen LogP contribution in [0.5, 0.6) is 0 Å². The van der Waals surface area contributed by atoms with Gasteiger partial charge >= 0.3 is 0 Å². The summed E-state index contributed by atoms with van der Waals surface area (Å²) in [6, 6.07) is 27.1. The van der Waals surface area contributed by atoms with Gasteiger partial charge in [0.25, 0.3) is 0 Å². The predicted octanol–water partition coefficient (Wildman–Crippen LogP) is 3.74. The van der Waals surface area contributed by atoms with E-state index in [1.165, 1.54) is 4.90 Å². The topological polar surface area (TPSA) is 165 Å². The van der Waals surface area contributed by atoms with Crippen LogP contribution in [0.25, 0.3) is 0 Å². The van der Waals surface area contributed by atoms with E-state index < -0.39 is 47.4 Å². The Morgan fingerprint density at radius 3 is 1.83 bits per heavy atom. The van der Waals surface area contributed by atoms with Gasteiger partial charge in [0.05, 0.1) is 18.1 Å². The maximum atomic E-state index is 13.8. The zero-order valence-corrected chi connectivity index (χ0v) is 30.4. The van der Waals surface area contributed by atoms with Gasteiger partial charge in [-0.1, -0.05) is 125 Å². The first-order valence-electron chi connectivity index (χ1n) is 18.1. The van der Waals surface area contributed by atoms with Crippen molar-refractivity contribution in [3.05, 3.63) is 126 Å². The van der Waals surface area contributed by atoms with E-state index in [2.05, 4.69) is 51.6 Å². The summed E-state index contributed by atoms with van der Waals surface area (Å²) in [6.45, 7) is 7.84. The third kappa shape index (κ3) is 7.94. The van der Waals surface area contributed by atoms with Crippen LogP contribution in [0.4, 0.5) is 0 Å². The molecule has 274 valence electrons. The zero-order valence-electron chi connectivity index (χ0n) is 30.4. The van der Waals surface area contributed by atoms with Crippen molar-refractivity contribution in [2.75, 3.05) is 6.54 Å². The van der Waals surface area contributed by atoms with Crippen LogP contribution in [0.15, 0.2) is 104 Å². The summed E-state index contributed by atoms with van der Waals surface area (Å²) in [7, 11) is 0. The second-order valence-corrected chi connectivity index (χ2v) is 14.1. The number of likely N-dealkylation sites (tertiary alicyclic amines) is 1. The molecule has 4 aromatic rings. The Bertz CT molecular complexity index is 1720. The van der Waals surface area contributed by atoms with Crippen molar-refractivity contribution in [3.63, 3.8) is 0 Å². The van der Waals surface area contributed by atoms with Gasteiger partial charge in [0, 0.05) is 19.2 Å². The highest BCUT2D eigenvalue weighted by Crippen LogP contribution is 2.40. The van der Waals surface area contributed by atoms with E-state index in [0.717, 1.165) is 16.7 Å². The van der Waals surface area contributed by atoms with E-state index in [9.17, 15) is 19.2 Å². The average Bonchev–Trinajstić information content (AvgIpc) is 3.85. The van der Waals surface area contributed by atoms with Gasteiger partial charge in [-0.3, -0.25) is 19.2 Å². The number of amides is 4. The van der Waals surface area contributed by atoms with Gasteiger partial charge in [-0.05, 0) is 41.4 Å². The van der Waals surface area contributed by atoms with Gasteiger partial charge in [-0.25, -0.2) is 4.98 Å². The zero-order chi connectivity index (χ0) is 37.4. The molecule has 4 amide bonds. The van der Waals surface area contributed by atoms with E-state index in [1.54, 1.807) is 6.33 Å². The highest BCUT2D eigenvalue weighted by molar-refractivity contribution is 5.95. The summed E-state index contributed by atoms with van der Waals surface area (Å²) in [4.78, 5) is 59.2. The summed E-state index contributed by atoms with van der Waals surface area (Å²) in [6.07, 6.45) is 5.57. The number of carbonyl (C=O) groups excluding carboxylic acids is 4. The fraction of sp³-hybridized carbons (Fsp3) is 0.390. The van der Waals surface area contributed by atoms with Gasteiger partial charge in [0.15, 0.2) is 0 Å². The number of hydrogen-bond donors (Lipinski definition) is 4. The quantitative estimate of drug-likeness (QED) is 0.138. The lowest BCUT2D eigenvalue weighted by molar-refractivity contribution is -0.142. The second kappa shape index (κ2) is 16.8. The first-order chi connectivity index (χ1) is 25.0. The Labute approximate surface area is 306 Å². The summed E-state index contributed by atoms with van der Waals surface area (Å²) in [5, 5.41) is 5.75. The Morgan fingerprint density at radius 2 is 1.35 bits per heavy atom. The molecule has 0 unspecified atom stereocenters. The molecule has 0 spiro atoms. The van der Waals surface area contributed by atoms with Crippen molar-refractivity contribution in [3.8, 4) is 0 Å². The minimum atomic E-state index is -1.01. The summed E-state index contributed by atoms with van der Waals surface area (Å²) < 4.78 is 2.06. The van der Waals surface area contributed by atoms with Gasteiger partial charge in [-0.2, -0.15) is 0 Å². The second-order valence-electron chi connectivity index (χ2n) is 14.1. The van der Waals surface area contributed by atoms with Crippen molar-refractivity contribution in [1.82, 2.24) is 25.1 Å². The number of hydrogen-bond acceptors (Lipinski definition) is 6. The molecule has 0 bridgehead atoms. The Kier molecular flexibility index (Phi) is 12.3. The molecule has 0 saturated carbocycles. The molecule has 3 aromatic carbocycles. The summed E-state index contributed by atoms with van der Waals surface area (Å²) in [5.41, 5.74) is 15.0. The molecule has 52 heavy (non-hydrogen) atoms. The van der Waals surface area contributed by atoms with E-state index in [4.69, 9.17) is 16.5 Å². The molecule has 1 saturated heterocycles. The Balaban J connectivity index is 1.37. The molecule has 5 rings (SSSR count). The molecule has 0 aliphatic carbocycles. The third-order valence-electron chi connectivity index (χ3n) is 10.3. The largest absolute Gasteiger partial charge is 0.368 e. The molecule has 2 heterocycles. The molecular weight excluding hydrogens is 654 g/mol. The van der Waals surface area contributed by atoms with Crippen LogP contribution >= 0.6 is 0 Å². The van der Waals surface area contributed by atoms with E-state index in [1.807, 2.05) is 88.5 Å². The van der Waals surface area contributed by atoms with Crippen LogP contribution in [0.3, 0.4) is 0 Å². The number of imidazole rings is 1. The number of nitrogens with one attached hydrogen (secondary N) is 2. The number of nitrogens with zero attached hydrogens (tertiary/aromatic N) is 3. The summed E-state index contributed by atoms with van der Waals surface area (Å²) in [5.74, 6) is -2.44. The first kappa shape index (κ1) is 38.0. The van der Waals surface area contributed by atoms with Gasteiger partial charge in [0.2, 0.25) is 23.6 Å². The molecular formula is C41H51N7O4. The monoisotopic (exact) mass is 705 g/mol.